The highest BCUT2D eigenvalue weighted by atomic mass is 35.5. The maximum atomic E-state index is 13.0. The van der Waals surface area contributed by atoms with Gasteiger partial charge in [-0.25, -0.2) is 9.32 Å². The zero-order valence-corrected chi connectivity index (χ0v) is 19.2. The van der Waals surface area contributed by atoms with Crippen molar-refractivity contribution in [3.63, 3.8) is 0 Å². The van der Waals surface area contributed by atoms with Gasteiger partial charge in [-0.3, -0.25) is 0 Å². The van der Waals surface area contributed by atoms with E-state index >= 15 is 0 Å². The molecule has 0 aliphatic heterocycles. The van der Waals surface area contributed by atoms with E-state index in [1.807, 2.05) is 66.7 Å². The molecule has 4 rings (SSSR count). The Bertz CT molecular complexity index is 1070. The van der Waals surface area contributed by atoms with Crippen LogP contribution in [-0.4, -0.2) is 13.1 Å². The van der Waals surface area contributed by atoms with E-state index in [4.69, 9.17) is 20.9 Å². The highest BCUT2D eigenvalue weighted by molar-refractivity contribution is 7.91. The summed E-state index contributed by atoms with van der Waals surface area (Å²) in [5.74, 6) is -0.495. The number of halogens is 1. The fraction of sp³-hybridized carbons (Fsp3) is 0.0741. The third kappa shape index (κ3) is 4.33. The first-order chi connectivity index (χ1) is 15.7. The molecule has 0 unspecified atom stereocenters. The van der Waals surface area contributed by atoms with Crippen molar-refractivity contribution >= 4 is 41.0 Å². The van der Waals surface area contributed by atoms with Gasteiger partial charge < -0.3 is 4.74 Å². The lowest BCUT2D eigenvalue weighted by Gasteiger charge is -2.29. The molecule has 4 aromatic carbocycles. The number of carbonyl (C=O) groups excluding carboxylic acids is 1. The zero-order chi connectivity index (χ0) is 22.4. The molecule has 3 nitrogen and oxygen atoms in total. The van der Waals surface area contributed by atoms with Crippen molar-refractivity contribution < 1.29 is 14.1 Å². The number of ether oxygens (including phenoxy) is 1. The molecule has 0 bridgehead atoms. The minimum absolute atomic E-state index is 0.454. The normalized spacial score (nSPS) is 12.2. The minimum atomic E-state index is -2.72. The number of benzene rings is 4. The monoisotopic (exact) mass is 461 g/mol. The van der Waals surface area contributed by atoms with Gasteiger partial charge in [0.1, 0.15) is 15.9 Å². The molecular weight excluding hydrogens is 439 g/mol. The van der Waals surface area contributed by atoms with E-state index in [2.05, 4.69) is 36.4 Å². The first kappa shape index (κ1) is 22.2. The summed E-state index contributed by atoms with van der Waals surface area (Å²) >= 11 is 6.51. The first-order valence-corrected chi connectivity index (χ1v) is 12.3. The van der Waals surface area contributed by atoms with Gasteiger partial charge in [0.05, 0.1) is 7.11 Å². The molecule has 0 heterocycles. The molecule has 0 saturated carbocycles. The molecule has 0 spiro atoms. The van der Waals surface area contributed by atoms with E-state index < -0.39 is 19.6 Å². The summed E-state index contributed by atoms with van der Waals surface area (Å²) in [5.41, 5.74) is 0.577. The average Bonchev–Trinajstić information content (AvgIpc) is 2.87. The third-order valence-corrected chi connectivity index (χ3v) is 9.17. The van der Waals surface area contributed by atoms with Crippen molar-refractivity contribution in [3.8, 4) is 0 Å². The van der Waals surface area contributed by atoms with Gasteiger partial charge in [0.15, 0.2) is 0 Å². The van der Waals surface area contributed by atoms with Crippen molar-refractivity contribution in [3.05, 3.63) is 126 Å². The number of methoxy groups -OCH3 is 1. The van der Waals surface area contributed by atoms with Crippen LogP contribution in [0.25, 0.3) is 0 Å². The maximum Gasteiger partial charge on any atom is 0.344 e. The Labute approximate surface area is 194 Å². The van der Waals surface area contributed by atoms with Gasteiger partial charge in [-0.2, -0.15) is 0 Å². The van der Waals surface area contributed by atoms with Crippen molar-refractivity contribution in [1.29, 1.82) is 0 Å². The van der Waals surface area contributed by atoms with Crippen LogP contribution in [0.15, 0.2) is 115 Å². The highest BCUT2D eigenvalue weighted by Gasteiger charge is 2.52. The second-order valence-corrected chi connectivity index (χ2v) is 10.5. The average molecular weight is 462 g/mol. The Balaban J connectivity index is 2.00. The SMILES string of the molecule is COC(=O)[C@H](O[P+](c1ccccc1)(c1ccccc1)c1ccccc1)c1ccccc1Cl. The molecule has 0 radical (unpaired) electrons. The molecule has 160 valence electrons. The van der Waals surface area contributed by atoms with Gasteiger partial charge in [-0.1, -0.05) is 84.4 Å². The zero-order valence-electron chi connectivity index (χ0n) is 17.6. The van der Waals surface area contributed by atoms with E-state index in [9.17, 15) is 4.79 Å². The van der Waals surface area contributed by atoms with Gasteiger partial charge in [-0.15, -0.1) is 0 Å². The van der Waals surface area contributed by atoms with Gasteiger partial charge in [0.2, 0.25) is 13.6 Å². The summed E-state index contributed by atoms with van der Waals surface area (Å²) in [7, 11) is -1.36. The molecule has 4 aromatic rings. The Hall–Kier alpha value is -2.97. The number of hydrogen-bond acceptors (Lipinski definition) is 3. The molecule has 0 amide bonds. The van der Waals surface area contributed by atoms with Gasteiger partial charge in [0, 0.05) is 10.6 Å². The predicted molar refractivity (Wildman–Crippen MR) is 132 cm³/mol. The van der Waals surface area contributed by atoms with Crippen LogP contribution in [0.3, 0.4) is 0 Å². The fourth-order valence-corrected chi connectivity index (χ4v) is 7.51. The van der Waals surface area contributed by atoms with Crippen LogP contribution < -0.4 is 15.9 Å². The van der Waals surface area contributed by atoms with Crippen LogP contribution in [0.2, 0.25) is 5.02 Å². The van der Waals surface area contributed by atoms with Gasteiger partial charge in [-0.05, 0) is 42.5 Å². The lowest BCUT2D eigenvalue weighted by molar-refractivity contribution is -0.148. The lowest BCUT2D eigenvalue weighted by atomic mass is 10.1. The van der Waals surface area contributed by atoms with E-state index in [1.54, 1.807) is 12.1 Å². The molecule has 32 heavy (non-hydrogen) atoms. The third-order valence-electron chi connectivity index (χ3n) is 5.23. The number of esters is 1. The standard InChI is InChI=1S/C27H23ClO3P/c1-30-27(29)26(24-19-11-12-20-25(24)28)31-32(21-13-5-2-6-14-21,22-15-7-3-8-16-22)23-17-9-4-10-18-23/h2-20,26H,1H3/q+1/t26-/m1/s1. The Morgan fingerprint density at radius 2 is 1.09 bits per heavy atom. The molecular formula is C27H23ClO3P+. The van der Waals surface area contributed by atoms with Crippen molar-refractivity contribution in [2.45, 2.75) is 6.10 Å². The molecule has 5 heteroatoms. The quantitative estimate of drug-likeness (QED) is 0.270. The number of rotatable bonds is 7. The van der Waals surface area contributed by atoms with Crippen LogP contribution in [0.1, 0.15) is 11.7 Å². The second kappa shape index (κ2) is 10.1. The van der Waals surface area contributed by atoms with Gasteiger partial charge >= 0.3 is 5.97 Å². The summed E-state index contributed by atoms with van der Waals surface area (Å²) in [6.45, 7) is 0. The summed E-state index contributed by atoms with van der Waals surface area (Å²) in [6, 6.07) is 37.4. The van der Waals surface area contributed by atoms with E-state index in [1.165, 1.54) is 7.11 Å². The highest BCUT2D eigenvalue weighted by Crippen LogP contribution is 2.59. The lowest BCUT2D eigenvalue weighted by Crippen LogP contribution is -2.35. The second-order valence-electron chi connectivity index (χ2n) is 7.15. The van der Waals surface area contributed by atoms with Crippen molar-refractivity contribution in [2.75, 3.05) is 7.11 Å². The smallest absolute Gasteiger partial charge is 0.344 e. The van der Waals surface area contributed by atoms with E-state index in [-0.39, 0.29) is 0 Å². The molecule has 0 N–H and O–H groups in total. The summed E-state index contributed by atoms with van der Waals surface area (Å²) in [6.07, 6.45) is -0.998. The topological polar surface area (TPSA) is 35.5 Å². The predicted octanol–water partition coefficient (Wildman–Crippen LogP) is 5.48. The Morgan fingerprint density at radius 3 is 1.50 bits per heavy atom. The van der Waals surface area contributed by atoms with Crippen LogP contribution in [0.4, 0.5) is 0 Å². The Morgan fingerprint density at radius 1 is 0.688 bits per heavy atom. The maximum absolute atomic E-state index is 13.0. The minimum Gasteiger partial charge on any atom is -0.467 e. The number of carbonyl (C=O) groups is 1. The molecule has 0 saturated heterocycles. The van der Waals surface area contributed by atoms with Crippen molar-refractivity contribution in [2.24, 2.45) is 0 Å². The first-order valence-electron chi connectivity index (χ1n) is 10.2. The van der Waals surface area contributed by atoms with Crippen LogP contribution in [0, 0.1) is 0 Å². The molecule has 0 fully saturated rings. The largest absolute Gasteiger partial charge is 0.467 e. The molecule has 0 aliphatic carbocycles. The van der Waals surface area contributed by atoms with E-state index in [0.29, 0.717) is 10.6 Å². The van der Waals surface area contributed by atoms with Crippen LogP contribution in [-0.2, 0) is 14.1 Å². The number of hydrogen-bond donors (Lipinski definition) is 0. The van der Waals surface area contributed by atoms with Crippen molar-refractivity contribution in [1.82, 2.24) is 0 Å². The van der Waals surface area contributed by atoms with Crippen LogP contribution in [0.5, 0.6) is 0 Å². The molecule has 0 aromatic heterocycles. The Kier molecular flexibility index (Phi) is 7.02. The molecule has 0 aliphatic rings. The summed E-state index contributed by atoms with van der Waals surface area (Å²) < 4.78 is 12.1. The molecule has 1 atom stereocenters. The summed E-state index contributed by atoms with van der Waals surface area (Å²) in [5, 5.41) is 3.45. The summed E-state index contributed by atoms with van der Waals surface area (Å²) in [4.78, 5) is 13.0. The van der Waals surface area contributed by atoms with Crippen LogP contribution >= 0.6 is 19.1 Å². The van der Waals surface area contributed by atoms with Gasteiger partial charge in [0.25, 0.3) is 0 Å². The fourth-order valence-electron chi connectivity index (χ4n) is 3.72. The van der Waals surface area contributed by atoms with E-state index in [0.717, 1.165) is 15.9 Å².